The van der Waals surface area contributed by atoms with Gasteiger partial charge in [-0.25, -0.2) is 15.0 Å². The molecular formula is C51H35N3S. The maximum Gasteiger partial charge on any atom is 0.164 e. The van der Waals surface area contributed by atoms with E-state index in [1.54, 1.807) is 0 Å². The maximum atomic E-state index is 4.92. The lowest BCUT2D eigenvalue weighted by Gasteiger charge is -2.18. The van der Waals surface area contributed by atoms with E-state index in [1.807, 2.05) is 72.0 Å². The predicted octanol–water partition coefficient (Wildman–Crippen LogP) is 13.5. The van der Waals surface area contributed by atoms with Crippen molar-refractivity contribution in [2.45, 2.75) is 12.8 Å². The number of hydrogen-bond acceptors (Lipinski definition) is 4. The summed E-state index contributed by atoms with van der Waals surface area (Å²) in [5.41, 5.74) is 14.4. The lowest BCUT2D eigenvalue weighted by Crippen LogP contribution is -2.00. The molecular weight excluding hydrogens is 687 g/mol. The molecule has 55 heavy (non-hydrogen) atoms. The molecule has 7 aromatic carbocycles. The first-order valence-corrected chi connectivity index (χ1v) is 19.6. The molecule has 0 aliphatic heterocycles. The van der Waals surface area contributed by atoms with Crippen LogP contribution >= 0.6 is 11.3 Å². The summed E-state index contributed by atoms with van der Waals surface area (Å²) in [6.07, 6.45) is 4.43. The van der Waals surface area contributed by atoms with Crippen molar-refractivity contribution in [1.82, 2.24) is 15.0 Å². The van der Waals surface area contributed by atoms with Crippen molar-refractivity contribution in [2.75, 3.05) is 0 Å². The van der Waals surface area contributed by atoms with E-state index in [4.69, 9.17) is 15.0 Å². The standard InChI is InChI=1S/C51H35N3S/c1-4-13-34(14-5-1)41-31-32-44-42(33-41)19-12-21-43(47-45-20-10-11-22-46(45)55-48(44)47)37-27-23-35(24-28-37)36-25-29-40(30-26-36)51-53-49(38-15-6-2-7-16-38)52-50(54-51)39-17-8-3-9-18-39/h1-11,13-18,20-33H,12,19H2/b43-21-. The van der Waals surface area contributed by atoms with Crippen LogP contribution in [0.4, 0.5) is 0 Å². The summed E-state index contributed by atoms with van der Waals surface area (Å²) in [5, 5.41) is 1.32. The van der Waals surface area contributed by atoms with E-state index in [9.17, 15) is 0 Å². The van der Waals surface area contributed by atoms with Crippen molar-refractivity contribution in [3.63, 3.8) is 0 Å². The second-order valence-corrected chi connectivity index (χ2v) is 14.9. The fourth-order valence-electron chi connectivity index (χ4n) is 7.66. The van der Waals surface area contributed by atoms with E-state index < -0.39 is 0 Å². The zero-order valence-electron chi connectivity index (χ0n) is 30.1. The quantitative estimate of drug-likeness (QED) is 0.172. The molecule has 1 aliphatic carbocycles. The monoisotopic (exact) mass is 721 g/mol. The van der Waals surface area contributed by atoms with Crippen LogP contribution in [0, 0.1) is 0 Å². The number of thiophene rings is 1. The third kappa shape index (κ3) is 6.37. The number of aromatic nitrogens is 3. The Morgan fingerprint density at radius 1 is 0.400 bits per heavy atom. The summed E-state index contributed by atoms with van der Waals surface area (Å²) in [5.74, 6) is 1.98. The van der Waals surface area contributed by atoms with Gasteiger partial charge in [-0.15, -0.1) is 11.3 Å². The Bertz CT molecular complexity index is 2770. The molecule has 260 valence electrons. The Balaban J connectivity index is 0.981. The van der Waals surface area contributed by atoms with Gasteiger partial charge in [-0.05, 0) is 63.4 Å². The molecule has 0 unspecified atom stereocenters. The first-order valence-electron chi connectivity index (χ1n) is 18.7. The van der Waals surface area contributed by atoms with Crippen LogP contribution in [0.1, 0.15) is 23.1 Å². The van der Waals surface area contributed by atoms with Crippen molar-refractivity contribution in [3.05, 3.63) is 205 Å². The Morgan fingerprint density at radius 2 is 0.855 bits per heavy atom. The van der Waals surface area contributed by atoms with Crippen molar-refractivity contribution in [3.8, 4) is 66.9 Å². The SMILES string of the molecule is C1=C(/c2ccc(-c3ccc(-c4nc(-c5ccccc5)nc(-c5ccccc5)n4)cc3)cc2)c2c(sc3ccccc23)-c2ccc(-c3ccccc3)cc2CC/1. The van der Waals surface area contributed by atoms with E-state index in [0.29, 0.717) is 17.5 Å². The number of hydrogen-bond donors (Lipinski definition) is 0. The predicted molar refractivity (Wildman–Crippen MR) is 230 cm³/mol. The van der Waals surface area contributed by atoms with E-state index in [-0.39, 0.29) is 0 Å². The molecule has 3 nitrogen and oxygen atoms in total. The number of allylic oxidation sites excluding steroid dienone is 1. The molecule has 0 saturated heterocycles. The molecule has 10 rings (SSSR count). The average molecular weight is 722 g/mol. The van der Waals surface area contributed by atoms with E-state index >= 15 is 0 Å². The van der Waals surface area contributed by atoms with Crippen LogP contribution in [0.25, 0.3) is 82.5 Å². The second kappa shape index (κ2) is 14.2. The molecule has 2 aromatic heterocycles. The first kappa shape index (κ1) is 32.9. The zero-order valence-corrected chi connectivity index (χ0v) is 30.9. The highest BCUT2D eigenvalue weighted by Gasteiger charge is 2.23. The summed E-state index contributed by atoms with van der Waals surface area (Å²) in [6.45, 7) is 0. The van der Waals surface area contributed by atoms with Gasteiger partial charge < -0.3 is 0 Å². The summed E-state index contributed by atoms with van der Waals surface area (Å²) in [7, 11) is 0. The number of fused-ring (bicyclic) bond motifs is 5. The highest BCUT2D eigenvalue weighted by Crippen LogP contribution is 2.47. The molecule has 0 amide bonds. The number of nitrogens with zero attached hydrogens (tertiary/aromatic N) is 3. The van der Waals surface area contributed by atoms with Crippen molar-refractivity contribution >= 4 is 27.0 Å². The maximum absolute atomic E-state index is 4.92. The molecule has 2 heterocycles. The van der Waals surface area contributed by atoms with Gasteiger partial charge in [-0.3, -0.25) is 0 Å². The molecule has 0 bridgehead atoms. The molecule has 0 radical (unpaired) electrons. The molecule has 4 heteroatoms. The van der Waals surface area contributed by atoms with E-state index in [0.717, 1.165) is 35.1 Å². The van der Waals surface area contributed by atoms with Crippen LogP contribution < -0.4 is 0 Å². The fourth-order valence-corrected chi connectivity index (χ4v) is 8.94. The number of benzene rings is 7. The van der Waals surface area contributed by atoms with Gasteiger partial charge in [-0.2, -0.15) is 0 Å². The van der Waals surface area contributed by atoms with Crippen LogP contribution in [0.5, 0.6) is 0 Å². The topological polar surface area (TPSA) is 38.7 Å². The minimum absolute atomic E-state index is 0.655. The van der Waals surface area contributed by atoms with Gasteiger partial charge >= 0.3 is 0 Å². The highest BCUT2D eigenvalue weighted by atomic mass is 32.1. The Labute approximate surface area is 325 Å². The Morgan fingerprint density at radius 3 is 1.45 bits per heavy atom. The third-order valence-electron chi connectivity index (χ3n) is 10.5. The summed E-state index contributed by atoms with van der Waals surface area (Å²) in [6, 6.07) is 64.5. The molecule has 9 aromatic rings. The fraction of sp³-hybridized carbons (Fsp3) is 0.0392. The van der Waals surface area contributed by atoms with Crippen molar-refractivity contribution in [1.29, 1.82) is 0 Å². The van der Waals surface area contributed by atoms with Gasteiger partial charge in [0.25, 0.3) is 0 Å². The molecule has 0 fully saturated rings. The molecule has 0 saturated carbocycles. The number of rotatable bonds is 6. The Hall–Kier alpha value is -6.75. The second-order valence-electron chi connectivity index (χ2n) is 13.9. The van der Waals surface area contributed by atoms with Crippen LogP contribution in [0.2, 0.25) is 0 Å². The summed E-state index contributed by atoms with van der Waals surface area (Å²) >= 11 is 1.91. The van der Waals surface area contributed by atoms with Gasteiger partial charge in [0.1, 0.15) is 0 Å². The zero-order chi connectivity index (χ0) is 36.6. The van der Waals surface area contributed by atoms with E-state index in [1.165, 1.54) is 59.5 Å². The van der Waals surface area contributed by atoms with Crippen molar-refractivity contribution < 1.29 is 0 Å². The highest BCUT2D eigenvalue weighted by molar-refractivity contribution is 7.22. The van der Waals surface area contributed by atoms with Crippen LogP contribution in [-0.2, 0) is 6.42 Å². The lowest BCUT2D eigenvalue weighted by molar-refractivity contribution is 1.00. The first-order chi connectivity index (χ1) is 27.2. The lowest BCUT2D eigenvalue weighted by atomic mass is 9.86. The minimum atomic E-state index is 0.655. The normalized spacial score (nSPS) is 13.3. The molecule has 0 atom stereocenters. The van der Waals surface area contributed by atoms with Crippen LogP contribution in [0.3, 0.4) is 0 Å². The van der Waals surface area contributed by atoms with Crippen LogP contribution in [-0.4, -0.2) is 15.0 Å². The largest absolute Gasteiger partial charge is 0.208 e. The van der Waals surface area contributed by atoms with Gasteiger partial charge in [0.05, 0.1) is 0 Å². The Kier molecular flexibility index (Phi) is 8.51. The number of aryl methyl sites for hydroxylation is 1. The van der Waals surface area contributed by atoms with Gasteiger partial charge in [-0.1, -0.05) is 182 Å². The van der Waals surface area contributed by atoms with Gasteiger partial charge in [0, 0.05) is 37.2 Å². The van der Waals surface area contributed by atoms with Crippen LogP contribution in [0.15, 0.2) is 188 Å². The molecule has 0 spiro atoms. The van der Waals surface area contributed by atoms with E-state index in [2.05, 4.69) is 127 Å². The summed E-state index contributed by atoms with van der Waals surface area (Å²) < 4.78 is 1.32. The van der Waals surface area contributed by atoms with Gasteiger partial charge in [0.2, 0.25) is 0 Å². The van der Waals surface area contributed by atoms with Gasteiger partial charge in [0.15, 0.2) is 17.5 Å². The minimum Gasteiger partial charge on any atom is -0.208 e. The molecule has 0 N–H and O–H groups in total. The average Bonchev–Trinajstić information content (AvgIpc) is 3.64. The van der Waals surface area contributed by atoms with Crippen molar-refractivity contribution in [2.24, 2.45) is 0 Å². The third-order valence-corrected chi connectivity index (χ3v) is 11.7. The smallest absolute Gasteiger partial charge is 0.164 e. The summed E-state index contributed by atoms with van der Waals surface area (Å²) in [4.78, 5) is 16.0. The molecule has 1 aliphatic rings.